The van der Waals surface area contributed by atoms with Crippen molar-refractivity contribution in [2.24, 2.45) is 0 Å². The van der Waals surface area contributed by atoms with Crippen LogP contribution in [-0.4, -0.2) is 10.8 Å². The Morgan fingerprint density at radius 2 is 2.23 bits per heavy atom. The Hall–Kier alpha value is -0.700. The molecule has 0 aliphatic carbocycles. The molecule has 0 aliphatic heterocycles. The Morgan fingerprint density at radius 3 is 2.62 bits per heavy atom. The molecule has 0 radical (unpaired) electrons. The van der Waals surface area contributed by atoms with Gasteiger partial charge in [-0.3, -0.25) is 4.79 Å². The normalized spacial score (nSPS) is 12.9. The quantitative estimate of drug-likeness (QED) is 0.697. The number of carbonyl (C=O) groups is 1. The second-order valence-corrected chi connectivity index (χ2v) is 4.36. The van der Waals surface area contributed by atoms with Gasteiger partial charge >= 0.3 is 0 Å². The number of nitrogens with zero attached hydrogens (tertiary/aromatic N) is 1. The summed E-state index contributed by atoms with van der Waals surface area (Å²) in [5, 5.41) is 1.09. The molecule has 0 N–H and O–H groups in total. The molecule has 1 atom stereocenters. The van der Waals surface area contributed by atoms with Crippen LogP contribution in [0.5, 0.6) is 0 Å². The fourth-order valence-electron chi connectivity index (χ4n) is 1.13. The molecule has 3 heteroatoms. The van der Waals surface area contributed by atoms with E-state index < -0.39 is 0 Å². The topological polar surface area (TPSA) is 30.0 Å². The number of aromatic nitrogens is 1. The van der Waals surface area contributed by atoms with E-state index in [9.17, 15) is 4.79 Å². The Kier molecular flexibility index (Phi) is 3.20. The van der Waals surface area contributed by atoms with Gasteiger partial charge in [0.05, 0.1) is 15.6 Å². The number of ketones is 1. The van der Waals surface area contributed by atoms with Gasteiger partial charge in [0.25, 0.3) is 0 Å². The highest BCUT2D eigenvalue weighted by atomic mass is 32.1. The van der Waals surface area contributed by atoms with Crippen LogP contribution in [0.3, 0.4) is 0 Å². The zero-order chi connectivity index (χ0) is 10.0. The Balaban J connectivity index is 3.01. The molecule has 0 aromatic carbocycles. The fourth-order valence-corrected chi connectivity index (χ4v) is 2.23. The van der Waals surface area contributed by atoms with Crippen molar-refractivity contribution in [3.8, 4) is 0 Å². The van der Waals surface area contributed by atoms with Gasteiger partial charge in [-0.15, -0.1) is 11.3 Å². The second kappa shape index (κ2) is 4.01. The molecule has 13 heavy (non-hydrogen) atoms. The minimum Gasteiger partial charge on any atom is -0.294 e. The van der Waals surface area contributed by atoms with Gasteiger partial charge in [-0.05, 0) is 13.3 Å². The first-order valence-electron chi connectivity index (χ1n) is 4.54. The SMILES string of the molecule is CCC(C)c1nc(C)c(C(C)=O)s1. The van der Waals surface area contributed by atoms with Crippen molar-refractivity contribution < 1.29 is 4.79 Å². The Labute approximate surface area is 83.0 Å². The lowest BCUT2D eigenvalue weighted by molar-refractivity contribution is 0.102. The van der Waals surface area contributed by atoms with Crippen LogP contribution in [0.1, 0.15) is 53.5 Å². The van der Waals surface area contributed by atoms with Gasteiger partial charge < -0.3 is 0 Å². The number of carbonyl (C=O) groups excluding carboxylic acids is 1. The average molecular weight is 197 g/mol. The van der Waals surface area contributed by atoms with Gasteiger partial charge in [0, 0.05) is 12.8 Å². The number of aryl methyl sites for hydroxylation is 1. The van der Waals surface area contributed by atoms with Crippen LogP contribution in [0, 0.1) is 6.92 Å². The molecule has 0 aliphatic rings. The minimum atomic E-state index is 0.129. The van der Waals surface area contributed by atoms with Crippen LogP contribution < -0.4 is 0 Å². The summed E-state index contributed by atoms with van der Waals surface area (Å²) in [4.78, 5) is 16.4. The van der Waals surface area contributed by atoms with E-state index >= 15 is 0 Å². The molecule has 0 spiro atoms. The third-order valence-corrected chi connectivity index (χ3v) is 3.66. The summed E-state index contributed by atoms with van der Waals surface area (Å²) in [6, 6.07) is 0. The third-order valence-electron chi connectivity index (χ3n) is 2.17. The van der Waals surface area contributed by atoms with E-state index in [1.807, 2.05) is 6.92 Å². The molecule has 1 unspecified atom stereocenters. The predicted molar refractivity (Wildman–Crippen MR) is 55.6 cm³/mol. The highest BCUT2D eigenvalue weighted by Crippen LogP contribution is 2.26. The number of hydrogen-bond acceptors (Lipinski definition) is 3. The molecule has 0 fully saturated rings. The number of thiazole rings is 1. The standard InChI is InChI=1S/C10H15NOS/c1-5-6(2)10-11-7(3)9(13-10)8(4)12/h6H,5H2,1-4H3. The second-order valence-electron chi connectivity index (χ2n) is 3.33. The van der Waals surface area contributed by atoms with E-state index in [1.165, 1.54) is 11.3 Å². The van der Waals surface area contributed by atoms with E-state index in [-0.39, 0.29) is 5.78 Å². The molecule has 1 aromatic heterocycles. The van der Waals surface area contributed by atoms with Gasteiger partial charge in [0.2, 0.25) is 0 Å². The summed E-state index contributed by atoms with van der Waals surface area (Å²) >= 11 is 1.54. The fraction of sp³-hybridized carbons (Fsp3) is 0.600. The number of rotatable bonds is 3. The van der Waals surface area contributed by atoms with Crippen molar-refractivity contribution in [2.75, 3.05) is 0 Å². The maximum Gasteiger partial charge on any atom is 0.171 e. The zero-order valence-electron chi connectivity index (χ0n) is 8.55. The van der Waals surface area contributed by atoms with Crippen LogP contribution in [-0.2, 0) is 0 Å². The molecule has 2 nitrogen and oxygen atoms in total. The maximum absolute atomic E-state index is 11.2. The van der Waals surface area contributed by atoms with Gasteiger partial charge in [-0.25, -0.2) is 4.98 Å². The molecular formula is C10H15NOS. The summed E-state index contributed by atoms with van der Waals surface area (Å²) < 4.78 is 0. The number of hydrogen-bond donors (Lipinski definition) is 0. The van der Waals surface area contributed by atoms with E-state index in [1.54, 1.807) is 6.92 Å². The van der Waals surface area contributed by atoms with E-state index in [0.717, 1.165) is 22.0 Å². The van der Waals surface area contributed by atoms with E-state index in [2.05, 4.69) is 18.8 Å². The van der Waals surface area contributed by atoms with Gasteiger partial charge in [-0.1, -0.05) is 13.8 Å². The first kappa shape index (κ1) is 10.4. The largest absolute Gasteiger partial charge is 0.294 e. The van der Waals surface area contributed by atoms with Crippen molar-refractivity contribution in [1.29, 1.82) is 0 Å². The maximum atomic E-state index is 11.2. The summed E-state index contributed by atoms with van der Waals surface area (Å²) in [6.45, 7) is 7.77. The highest BCUT2D eigenvalue weighted by Gasteiger charge is 2.14. The number of Topliss-reactive ketones (excluding diaryl/α,β-unsaturated/α-hetero) is 1. The molecule has 1 aromatic rings. The summed E-state index contributed by atoms with van der Waals surface area (Å²) in [5.74, 6) is 0.598. The van der Waals surface area contributed by atoms with Gasteiger partial charge in [0.15, 0.2) is 5.78 Å². The van der Waals surface area contributed by atoms with Crippen molar-refractivity contribution in [1.82, 2.24) is 4.98 Å². The molecular weight excluding hydrogens is 182 g/mol. The molecule has 72 valence electrons. The molecule has 0 amide bonds. The first-order chi connectivity index (χ1) is 6.06. The lowest BCUT2D eigenvalue weighted by Crippen LogP contribution is -1.90. The summed E-state index contributed by atoms with van der Waals surface area (Å²) in [5.41, 5.74) is 0.882. The first-order valence-corrected chi connectivity index (χ1v) is 5.36. The lowest BCUT2D eigenvalue weighted by atomic mass is 10.1. The van der Waals surface area contributed by atoms with Crippen LogP contribution in [0.4, 0.5) is 0 Å². The van der Waals surface area contributed by atoms with Crippen molar-refractivity contribution in [3.63, 3.8) is 0 Å². The predicted octanol–water partition coefficient (Wildman–Crippen LogP) is 3.17. The van der Waals surface area contributed by atoms with E-state index in [0.29, 0.717) is 5.92 Å². The summed E-state index contributed by atoms with van der Waals surface area (Å²) in [7, 11) is 0. The summed E-state index contributed by atoms with van der Waals surface area (Å²) in [6.07, 6.45) is 1.07. The molecule has 0 bridgehead atoms. The van der Waals surface area contributed by atoms with Crippen LogP contribution >= 0.6 is 11.3 Å². The third kappa shape index (κ3) is 2.15. The highest BCUT2D eigenvalue weighted by molar-refractivity contribution is 7.13. The average Bonchev–Trinajstić information content (AvgIpc) is 2.46. The smallest absolute Gasteiger partial charge is 0.171 e. The van der Waals surface area contributed by atoms with E-state index in [4.69, 9.17) is 0 Å². The van der Waals surface area contributed by atoms with Crippen molar-refractivity contribution in [2.45, 2.75) is 40.0 Å². The zero-order valence-corrected chi connectivity index (χ0v) is 9.36. The molecule has 1 rings (SSSR count). The van der Waals surface area contributed by atoms with Crippen LogP contribution in [0.2, 0.25) is 0 Å². The van der Waals surface area contributed by atoms with Crippen molar-refractivity contribution >= 4 is 17.1 Å². The molecule has 0 saturated heterocycles. The van der Waals surface area contributed by atoms with Crippen LogP contribution in [0.15, 0.2) is 0 Å². The molecule has 1 heterocycles. The lowest BCUT2D eigenvalue weighted by Gasteiger charge is -2.01. The van der Waals surface area contributed by atoms with Gasteiger partial charge in [0.1, 0.15) is 0 Å². The minimum absolute atomic E-state index is 0.129. The Morgan fingerprint density at radius 1 is 1.62 bits per heavy atom. The van der Waals surface area contributed by atoms with Gasteiger partial charge in [-0.2, -0.15) is 0 Å². The van der Waals surface area contributed by atoms with Crippen molar-refractivity contribution in [3.05, 3.63) is 15.6 Å². The molecule has 0 saturated carbocycles. The van der Waals surface area contributed by atoms with Crippen LogP contribution in [0.25, 0.3) is 0 Å². The monoisotopic (exact) mass is 197 g/mol. The Bertz CT molecular complexity index is 317.